The molecule has 2 aromatic heterocycles. The molecule has 0 aliphatic carbocycles. The quantitative estimate of drug-likeness (QED) is 0.785. The molecule has 3 nitrogen and oxygen atoms in total. The molecular formula is C15H12F3N3. The van der Waals surface area contributed by atoms with Crippen molar-refractivity contribution in [3.63, 3.8) is 0 Å². The predicted molar refractivity (Wildman–Crippen MR) is 73.5 cm³/mol. The normalized spacial score (nSPS) is 12.0. The van der Waals surface area contributed by atoms with Crippen LogP contribution in [0.5, 0.6) is 0 Å². The fourth-order valence-corrected chi connectivity index (χ4v) is 2.29. The van der Waals surface area contributed by atoms with Gasteiger partial charge in [-0.05, 0) is 24.3 Å². The van der Waals surface area contributed by atoms with Crippen LogP contribution in [0.2, 0.25) is 0 Å². The van der Waals surface area contributed by atoms with Gasteiger partial charge in [-0.1, -0.05) is 18.2 Å². The SMILES string of the molecule is NCc1c(-c2ccc(C(F)(F)F)cc2)nc2ccccn12. The second-order valence-electron chi connectivity index (χ2n) is 4.62. The van der Waals surface area contributed by atoms with Crippen LogP contribution >= 0.6 is 0 Å². The van der Waals surface area contributed by atoms with Crippen molar-refractivity contribution in [1.82, 2.24) is 9.38 Å². The molecule has 0 fully saturated rings. The Morgan fingerprint density at radius 2 is 1.76 bits per heavy atom. The second kappa shape index (κ2) is 4.89. The Hall–Kier alpha value is -2.34. The van der Waals surface area contributed by atoms with Crippen LogP contribution in [0.15, 0.2) is 48.7 Å². The number of benzene rings is 1. The average molecular weight is 291 g/mol. The first-order valence-corrected chi connectivity index (χ1v) is 6.34. The lowest BCUT2D eigenvalue weighted by atomic mass is 10.1. The molecule has 0 bridgehead atoms. The molecule has 2 heterocycles. The smallest absolute Gasteiger partial charge is 0.325 e. The minimum Gasteiger partial charge on any atom is -0.325 e. The summed E-state index contributed by atoms with van der Waals surface area (Å²) in [5.41, 5.74) is 7.79. The van der Waals surface area contributed by atoms with Gasteiger partial charge < -0.3 is 10.1 Å². The van der Waals surface area contributed by atoms with Crippen LogP contribution in [-0.2, 0) is 12.7 Å². The Morgan fingerprint density at radius 1 is 1.05 bits per heavy atom. The molecule has 0 aliphatic rings. The molecule has 3 rings (SSSR count). The summed E-state index contributed by atoms with van der Waals surface area (Å²) in [6.45, 7) is 0.252. The van der Waals surface area contributed by atoms with E-state index in [0.717, 1.165) is 17.8 Å². The van der Waals surface area contributed by atoms with Gasteiger partial charge >= 0.3 is 6.18 Å². The molecule has 0 radical (unpaired) electrons. The summed E-state index contributed by atoms with van der Waals surface area (Å²) in [6, 6.07) is 10.5. The standard InChI is InChI=1S/C15H12F3N3/c16-15(17,18)11-6-4-10(5-7-11)14-12(9-19)21-8-2-1-3-13(21)20-14/h1-8H,9,19H2. The lowest BCUT2D eigenvalue weighted by molar-refractivity contribution is -0.137. The monoisotopic (exact) mass is 291 g/mol. The zero-order valence-corrected chi connectivity index (χ0v) is 10.9. The number of hydrogen-bond acceptors (Lipinski definition) is 2. The number of halogens is 3. The van der Waals surface area contributed by atoms with Gasteiger partial charge in [-0.25, -0.2) is 4.98 Å². The largest absolute Gasteiger partial charge is 0.416 e. The van der Waals surface area contributed by atoms with E-state index in [1.807, 2.05) is 28.8 Å². The minimum absolute atomic E-state index is 0.252. The van der Waals surface area contributed by atoms with Gasteiger partial charge in [-0.15, -0.1) is 0 Å². The van der Waals surface area contributed by atoms with Gasteiger partial charge in [-0.2, -0.15) is 13.2 Å². The zero-order valence-electron chi connectivity index (χ0n) is 10.9. The number of fused-ring (bicyclic) bond motifs is 1. The average Bonchev–Trinajstić information content (AvgIpc) is 2.85. The summed E-state index contributed by atoms with van der Waals surface area (Å²) < 4.78 is 39.6. The number of imidazole rings is 1. The molecular weight excluding hydrogens is 279 g/mol. The van der Waals surface area contributed by atoms with Gasteiger partial charge in [0, 0.05) is 18.3 Å². The van der Waals surface area contributed by atoms with E-state index in [4.69, 9.17) is 5.73 Å². The predicted octanol–water partition coefficient (Wildman–Crippen LogP) is 3.48. The third-order valence-electron chi connectivity index (χ3n) is 3.31. The maximum atomic E-state index is 12.6. The first kappa shape index (κ1) is 13.6. The number of hydrogen-bond donors (Lipinski definition) is 1. The molecule has 0 saturated heterocycles. The van der Waals surface area contributed by atoms with Crippen molar-refractivity contribution < 1.29 is 13.2 Å². The summed E-state index contributed by atoms with van der Waals surface area (Å²) in [6.07, 6.45) is -2.51. The van der Waals surface area contributed by atoms with E-state index in [9.17, 15) is 13.2 Å². The molecule has 21 heavy (non-hydrogen) atoms. The van der Waals surface area contributed by atoms with Crippen molar-refractivity contribution in [2.45, 2.75) is 12.7 Å². The third-order valence-corrected chi connectivity index (χ3v) is 3.31. The molecule has 1 aromatic carbocycles. The number of nitrogens with zero attached hydrogens (tertiary/aromatic N) is 2. The molecule has 0 atom stereocenters. The molecule has 0 amide bonds. The molecule has 0 aliphatic heterocycles. The van der Waals surface area contributed by atoms with Crippen molar-refractivity contribution in [3.8, 4) is 11.3 Å². The van der Waals surface area contributed by atoms with Gasteiger partial charge in [-0.3, -0.25) is 0 Å². The highest BCUT2D eigenvalue weighted by Gasteiger charge is 2.30. The van der Waals surface area contributed by atoms with Gasteiger partial charge in [0.25, 0.3) is 0 Å². The molecule has 0 spiro atoms. The fourth-order valence-electron chi connectivity index (χ4n) is 2.29. The van der Waals surface area contributed by atoms with Gasteiger partial charge in [0.2, 0.25) is 0 Å². The Balaban J connectivity index is 2.12. The Kier molecular flexibility index (Phi) is 3.17. The van der Waals surface area contributed by atoms with E-state index in [2.05, 4.69) is 4.98 Å². The van der Waals surface area contributed by atoms with Crippen LogP contribution in [-0.4, -0.2) is 9.38 Å². The Morgan fingerprint density at radius 3 is 2.38 bits per heavy atom. The van der Waals surface area contributed by atoms with Crippen LogP contribution in [0.1, 0.15) is 11.3 Å². The van der Waals surface area contributed by atoms with E-state index in [1.165, 1.54) is 12.1 Å². The van der Waals surface area contributed by atoms with Gasteiger partial charge in [0.15, 0.2) is 0 Å². The van der Waals surface area contributed by atoms with Crippen LogP contribution < -0.4 is 5.73 Å². The van der Waals surface area contributed by atoms with Gasteiger partial charge in [0.1, 0.15) is 5.65 Å². The van der Waals surface area contributed by atoms with E-state index in [0.29, 0.717) is 16.9 Å². The minimum atomic E-state index is -4.34. The number of aromatic nitrogens is 2. The van der Waals surface area contributed by atoms with Crippen molar-refractivity contribution in [3.05, 3.63) is 59.9 Å². The Bertz CT molecular complexity index is 773. The van der Waals surface area contributed by atoms with Crippen molar-refractivity contribution in [1.29, 1.82) is 0 Å². The molecule has 6 heteroatoms. The number of alkyl halides is 3. The third kappa shape index (κ3) is 2.38. The first-order valence-electron chi connectivity index (χ1n) is 6.34. The lowest BCUT2D eigenvalue weighted by Gasteiger charge is -2.07. The number of pyridine rings is 1. The highest BCUT2D eigenvalue weighted by Crippen LogP contribution is 2.31. The van der Waals surface area contributed by atoms with Crippen LogP contribution in [0.4, 0.5) is 13.2 Å². The van der Waals surface area contributed by atoms with Gasteiger partial charge in [0.05, 0.1) is 17.0 Å². The first-order chi connectivity index (χ1) is 10.0. The van der Waals surface area contributed by atoms with Crippen molar-refractivity contribution in [2.24, 2.45) is 5.73 Å². The van der Waals surface area contributed by atoms with Crippen molar-refractivity contribution in [2.75, 3.05) is 0 Å². The van der Waals surface area contributed by atoms with E-state index in [1.54, 1.807) is 0 Å². The number of nitrogens with two attached hydrogens (primary N) is 1. The second-order valence-corrected chi connectivity index (χ2v) is 4.62. The fraction of sp³-hybridized carbons (Fsp3) is 0.133. The molecule has 3 aromatic rings. The summed E-state index contributed by atoms with van der Waals surface area (Å²) in [5, 5.41) is 0. The summed E-state index contributed by atoms with van der Waals surface area (Å²) in [7, 11) is 0. The molecule has 0 unspecified atom stereocenters. The maximum absolute atomic E-state index is 12.6. The van der Waals surface area contributed by atoms with Crippen LogP contribution in [0, 0.1) is 0 Å². The van der Waals surface area contributed by atoms with Crippen LogP contribution in [0.25, 0.3) is 16.9 Å². The topological polar surface area (TPSA) is 43.3 Å². The summed E-state index contributed by atoms with van der Waals surface area (Å²) >= 11 is 0. The summed E-state index contributed by atoms with van der Waals surface area (Å²) in [4.78, 5) is 4.45. The summed E-state index contributed by atoms with van der Waals surface area (Å²) in [5.74, 6) is 0. The molecule has 0 saturated carbocycles. The van der Waals surface area contributed by atoms with E-state index < -0.39 is 11.7 Å². The van der Waals surface area contributed by atoms with E-state index >= 15 is 0 Å². The lowest BCUT2D eigenvalue weighted by Crippen LogP contribution is -2.05. The van der Waals surface area contributed by atoms with Crippen molar-refractivity contribution >= 4 is 5.65 Å². The number of rotatable bonds is 2. The Labute approximate surface area is 118 Å². The zero-order chi connectivity index (χ0) is 15.0. The highest BCUT2D eigenvalue weighted by molar-refractivity contribution is 5.66. The van der Waals surface area contributed by atoms with E-state index in [-0.39, 0.29) is 6.54 Å². The highest BCUT2D eigenvalue weighted by atomic mass is 19.4. The van der Waals surface area contributed by atoms with Crippen LogP contribution in [0.3, 0.4) is 0 Å². The molecule has 108 valence electrons. The maximum Gasteiger partial charge on any atom is 0.416 e. The molecule has 2 N–H and O–H groups in total.